The molecule has 0 saturated heterocycles. The molecule has 0 bridgehead atoms. The summed E-state index contributed by atoms with van der Waals surface area (Å²) < 4.78 is 5.03. The molecule has 4 unspecified atom stereocenters. The van der Waals surface area contributed by atoms with Crippen LogP contribution in [0.4, 0.5) is 0 Å². The van der Waals surface area contributed by atoms with Crippen LogP contribution in [-0.4, -0.2) is 64.3 Å². The second kappa shape index (κ2) is 7.72. The van der Waals surface area contributed by atoms with Crippen molar-refractivity contribution in [3.8, 4) is 0 Å². The first kappa shape index (κ1) is 14.5. The summed E-state index contributed by atoms with van der Waals surface area (Å²) in [5.41, 5.74) is 0. The third-order valence-electron chi connectivity index (χ3n) is 1.91. The molecule has 0 aliphatic rings. The predicted octanol–water partition coefficient (Wildman–Crippen LogP) is -1.94. The lowest BCUT2D eigenvalue weighted by Gasteiger charge is -2.27. The standard InChI is InChI=1S/C9H18O6/c1-2-3-15-9(7(13)5-11)8(14)6(12)4-10/h5-10,12-14H,2-4H2,1H3. The van der Waals surface area contributed by atoms with Gasteiger partial charge in [-0.3, -0.25) is 0 Å². The number of ether oxygens (including phenoxy) is 1. The van der Waals surface area contributed by atoms with E-state index in [0.717, 1.165) is 0 Å². The Bertz CT molecular complexity index is 174. The molecule has 0 heterocycles. The summed E-state index contributed by atoms with van der Waals surface area (Å²) in [6.45, 7) is 1.39. The fourth-order valence-corrected chi connectivity index (χ4v) is 1.06. The Morgan fingerprint density at radius 3 is 2.33 bits per heavy atom. The molecule has 4 atom stereocenters. The molecule has 4 N–H and O–H groups in total. The highest BCUT2D eigenvalue weighted by Gasteiger charge is 2.32. The molecule has 6 nitrogen and oxygen atoms in total. The normalized spacial score (nSPS) is 19.3. The van der Waals surface area contributed by atoms with E-state index in [-0.39, 0.29) is 12.9 Å². The summed E-state index contributed by atoms with van der Waals surface area (Å²) in [4.78, 5) is 10.3. The third kappa shape index (κ3) is 4.67. The number of carbonyl (C=O) groups excluding carboxylic acids is 1. The van der Waals surface area contributed by atoms with E-state index in [9.17, 15) is 15.0 Å². The topological polar surface area (TPSA) is 107 Å². The Labute approximate surface area is 88.1 Å². The summed E-state index contributed by atoms with van der Waals surface area (Å²) in [5, 5.41) is 36.4. The number of rotatable bonds is 8. The van der Waals surface area contributed by atoms with Crippen LogP contribution < -0.4 is 0 Å². The van der Waals surface area contributed by atoms with Gasteiger partial charge in [0.25, 0.3) is 0 Å². The molecule has 0 aromatic carbocycles. The van der Waals surface area contributed by atoms with Gasteiger partial charge in [0, 0.05) is 6.61 Å². The molecule has 0 fully saturated rings. The summed E-state index contributed by atoms with van der Waals surface area (Å²) in [7, 11) is 0. The van der Waals surface area contributed by atoms with Gasteiger partial charge in [-0.1, -0.05) is 6.92 Å². The number of aliphatic hydroxyl groups excluding tert-OH is 4. The molecule has 0 rings (SSSR count). The highest BCUT2D eigenvalue weighted by atomic mass is 16.5. The van der Waals surface area contributed by atoms with Gasteiger partial charge in [0.05, 0.1) is 6.61 Å². The maximum Gasteiger partial charge on any atom is 0.151 e. The monoisotopic (exact) mass is 222 g/mol. The lowest BCUT2D eigenvalue weighted by molar-refractivity contribution is -0.150. The van der Waals surface area contributed by atoms with Crippen molar-refractivity contribution in [3.05, 3.63) is 0 Å². The van der Waals surface area contributed by atoms with Crippen LogP contribution in [0.3, 0.4) is 0 Å². The second-order valence-corrected chi connectivity index (χ2v) is 3.20. The smallest absolute Gasteiger partial charge is 0.151 e. The summed E-state index contributed by atoms with van der Waals surface area (Å²) in [6, 6.07) is 0. The van der Waals surface area contributed by atoms with Gasteiger partial charge in [0.1, 0.15) is 24.4 Å². The molecule has 0 aliphatic carbocycles. The lowest BCUT2D eigenvalue weighted by Crippen LogP contribution is -2.48. The van der Waals surface area contributed by atoms with E-state index in [2.05, 4.69) is 0 Å². The van der Waals surface area contributed by atoms with Gasteiger partial charge < -0.3 is 30.0 Å². The number of aliphatic hydroxyl groups is 4. The largest absolute Gasteiger partial charge is 0.394 e. The van der Waals surface area contributed by atoms with Crippen molar-refractivity contribution in [1.82, 2.24) is 0 Å². The summed E-state index contributed by atoms with van der Waals surface area (Å²) in [5.74, 6) is 0. The SMILES string of the molecule is CCCOC(C(O)C=O)C(O)C(O)CO. The zero-order valence-corrected chi connectivity index (χ0v) is 8.61. The van der Waals surface area contributed by atoms with Gasteiger partial charge in [-0.05, 0) is 6.42 Å². The van der Waals surface area contributed by atoms with Gasteiger partial charge in [0.2, 0.25) is 0 Å². The molecule has 0 amide bonds. The number of hydrogen-bond acceptors (Lipinski definition) is 6. The Balaban J connectivity index is 4.38. The quantitative estimate of drug-likeness (QED) is 0.356. The third-order valence-corrected chi connectivity index (χ3v) is 1.91. The number of hydrogen-bond donors (Lipinski definition) is 4. The van der Waals surface area contributed by atoms with Crippen LogP contribution in [0.1, 0.15) is 13.3 Å². The fourth-order valence-electron chi connectivity index (χ4n) is 1.06. The molecule has 90 valence electrons. The molecule has 0 radical (unpaired) electrons. The minimum absolute atomic E-state index is 0.216. The Kier molecular flexibility index (Phi) is 7.45. The van der Waals surface area contributed by atoms with Crippen molar-refractivity contribution in [2.75, 3.05) is 13.2 Å². The summed E-state index contributed by atoms with van der Waals surface area (Å²) in [6.07, 6.45) is -4.82. The van der Waals surface area contributed by atoms with Crippen molar-refractivity contribution in [2.45, 2.75) is 37.8 Å². The van der Waals surface area contributed by atoms with E-state index in [1.54, 1.807) is 0 Å². The maximum absolute atomic E-state index is 10.3. The van der Waals surface area contributed by atoms with Gasteiger partial charge in [-0.2, -0.15) is 0 Å². The Morgan fingerprint density at radius 1 is 1.33 bits per heavy atom. The van der Waals surface area contributed by atoms with Crippen molar-refractivity contribution in [2.24, 2.45) is 0 Å². The molecule has 0 spiro atoms. The Hall–Kier alpha value is -0.530. The minimum Gasteiger partial charge on any atom is -0.394 e. The van der Waals surface area contributed by atoms with E-state index < -0.39 is 31.0 Å². The van der Waals surface area contributed by atoms with Crippen molar-refractivity contribution >= 4 is 6.29 Å². The molecule has 0 aliphatic heterocycles. The fraction of sp³-hybridized carbons (Fsp3) is 0.889. The van der Waals surface area contributed by atoms with Crippen molar-refractivity contribution in [3.63, 3.8) is 0 Å². The molecule has 0 aromatic rings. The zero-order valence-electron chi connectivity index (χ0n) is 8.61. The van der Waals surface area contributed by atoms with Crippen LogP contribution in [-0.2, 0) is 9.53 Å². The second-order valence-electron chi connectivity index (χ2n) is 3.20. The predicted molar refractivity (Wildman–Crippen MR) is 51.2 cm³/mol. The van der Waals surface area contributed by atoms with Gasteiger partial charge in [0.15, 0.2) is 6.29 Å². The van der Waals surface area contributed by atoms with Crippen molar-refractivity contribution in [1.29, 1.82) is 0 Å². The molecule has 6 heteroatoms. The van der Waals surface area contributed by atoms with Crippen LogP contribution in [0.2, 0.25) is 0 Å². The molecular formula is C9H18O6. The van der Waals surface area contributed by atoms with Crippen LogP contribution in [0.25, 0.3) is 0 Å². The minimum atomic E-state index is -1.52. The van der Waals surface area contributed by atoms with E-state index in [1.165, 1.54) is 0 Å². The first-order chi connectivity index (χ1) is 7.08. The van der Waals surface area contributed by atoms with E-state index in [4.69, 9.17) is 14.9 Å². The van der Waals surface area contributed by atoms with Gasteiger partial charge in [-0.15, -0.1) is 0 Å². The maximum atomic E-state index is 10.3. The zero-order chi connectivity index (χ0) is 11.8. The first-order valence-electron chi connectivity index (χ1n) is 4.80. The molecule has 0 saturated carbocycles. The highest BCUT2D eigenvalue weighted by molar-refractivity contribution is 5.56. The Morgan fingerprint density at radius 2 is 1.93 bits per heavy atom. The van der Waals surface area contributed by atoms with Crippen LogP contribution in [0.5, 0.6) is 0 Å². The van der Waals surface area contributed by atoms with Gasteiger partial charge in [-0.25, -0.2) is 0 Å². The molecule has 0 aromatic heterocycles. The van der Waals surface area contributed by atoms with Crippen molar-refractivity contribution < 1.29 is 30.0 Å². The molecular weight excluding hydrogens is 204 g/mol. The van der Waals surface area contributed by atoms with Gasteiger partial charge >= 0.3 is 0 Å². The number of carbonyl (C=O) groups is 1. The number of aldehydes is 1. The summed E-state index contributed by atoms with van der Waals surface area (Å²) >= 11 is 0. The lowest BCUT2D eigenvalue weighted by atomic mass is 10.0. The highest BCUT2D eigenvalue weighted by Crippen LogP contribution is 2.09. The van der Waals surface area contributed by atoms with Crippen LogP contribution in [0, 0.1) is 0 Å². The first-order valence-corrected chi connectivity index (χ1v) is 4.80. The van der Waals surface area contributed by atoms with E-state index in [0.29, 0.717) is 6.42 Å². The average molecular weight is 222 g/mol. The average Bonchev–Trinajstić information content (AvgIpc) is 2.27. The van der Waals surface area contributed by atoms with E-state index in [1.807, 2.05) is 6.92 Å². The van der Waals surface area contributed by atoms with E-state index >= 15 is 0 Å². The van der Waals surface area contributed by atoms with Crippen LogP contribution in [0.15, 0.2) is 0 Å². The van der Waals surface area contributed by atoms with Crippen LogP contribution >= 0.6 is 0 Å². The molecule has 15 heavy (non-hydrogen) atoms.